The topological polar surface area (TPSA) is 33.3 Å². The largest absolute Gasteiger partial charge is 0.433 e. The lowest BCUT2D eigenvalue weighted by atomic mass is 10.3. The Morgan fingerprint density at radius 3 is 2.16 bits per heavy atom. The van der Waals surface area contributed by atoms with Crippen molar-refractivity contribution in [2.24, 2.45) is 0 Å². The van der Waals surface area contributed by atoms with Gasteiger partial charge in [0.15, 0.2) is 5.11 Å². The zero-order valence-corrected chi connectivity index (χ0v) is 14.7. The van der Waals surface area contributed by atoms with Crippen LogP contribution in [0.25, 0.3) is 0 Å². The van der Waals surface area contributed by atoms with E-state index < -0.39 is 12.4 Å². The maximum absolute atomic E-state index is 12.3. The third-order valence-electron chi connectivity index (χ3n) is 2.74. The fourth-order valence-electron chi connectivity index (χ4n) is 1.78. The van der Waals surface area contributed by atoms with Crippen LogP contribution in [0, 0.1) is 0 Å². The summed E-state index contributed by atoms with van der Waals surface area (Å²) in [4.78, 5) is 0.431. The SMILES string of the molecule is FC(F)Oc1ccc(NC(=S)Nc2ccc(SC(F)F)cc2)cc1Cl. The van der Waals surface area contributed by atoms with E-state index in [1.54, 1.807) is 12.1 Å². The highest BCUT2D eigenvalue weighted by Gasteiger charge is 2.10. The number of hydrogen-bond acceptors (Lipinski definition) is 3. The van der Waals surface area contributed by atoms with Crippen molar-refractivity contribution < 1.29 is 22.3 Å². The molecule has 2 aromatic carbocycles. The number of ether oxygens (including phenoxy) is 1. The van der Waals surface area contributed by atoms with E-state index in [1.165, 1.54) is 30.3 Å². The standard InChI is InChI=1S/C15H11ClF4N2OS2/c16-11-7-9(3-6-12(11)23-13(17)18)22-15(24)21-8-1-4-10(5-2-8)25-14(19)20/h1-7,13-14H,(H2,21,22,24). The molecule has 2 N–H and O–H groups in total. The van der Waals surface area contributed by atoms with Crippen LogP contribution in [-0.2, 0) is 0 Å². The van der Waals surface area contributed by atoms with Gasteiger partial charge in [0.05, 0.1) is 5.02 Å². The van der Waals surface area contributed by atoms with Gasteiger partial charge in [0.1, 0.15) is 5.75 Å². The van der Waals surface area contributed by atoms with Crippen LogP contribution < -0.4 is 15.4 Å². The minimum Gasteiger partial charge on any atom is -0.433 e. The first kappa shape index (κ1) is 19.6. The lowest BCUT2D eigenvalue weighted by molar-refractivity contribution is -0.0497. The van der Waals surface area contributed by atoms with Crippen molar-refractivity contribution in [1.82, 2.24) is 0 Å². The van der Waals surface area contributed by atoms with Crippen LogP contribution in [0.1, 0.15) is 0 Å². The predicted octanol–water partition coefficient (Wildman–Crippen LogP) is 6.07. The summed E-state index contributed by atoms with van der Waals surface area (Å²) >= 11 is 11.4. The van der Waals surface area contributed by atoms with Crippen molar-refractivity contribution >= 4 is 52.1 Å². The molecule has 10 heteroatoms. The molecule has 0 aliphatic heterocycles. The minimum atomic E-state index is -2.97. The summed E-state index contributed by atoms with van der Waals surface area (Å²) in [5.41, 5.74) is 1.06. The molecule has 2 rings (SSSR count). The molecule has 0 aliphatic rings. The summed E-state index contributed by atoms with van der Waals surface area (Å²) in [5, 5.41) is 5.91. The Morgan fingerprint density at radius 1 is 1.00 bits per heavy atom. The first-order valence-electron chi connectivity index (χ1n) is 6.71. The second-order valence-corrected chi connectivity index (χ2v) is 6.38. The Bertz CT molecular complexity index is 732. The normalized spacial score (nSPS) is 10.8. The highest BCUT2D eigenvalue weighted by atomic mass is 35.5. The van der Waals surface area contributed by atoms with E-state index in [-0.39, 0.29) is 15.9 Å². The van der Waals surface area contributed by atoms with Gasteiger partial charge >= 0.3 is 6.61 Å². The lowest BCUT2D eigenvalue weighted by Gasteiger charge is -2.12. The average molecular weight is 411 g/mol. The van der Waals surface area contributed by atoms with Gasteiger partial charge < -0.3 is 15.4 Å². The van der Waals surface area contributed by atoms with Gasteiger partial charge in [0, 0.05) is 16.3 Å². The highest BCUT2D eigenvalue weighted by molar-refractivity contribution is 7.99. The third-order valence-corrected chi connectivity index (χ3v) is 3.97. The second kappa shape index (κ2) is 9.12. The molecule has 2 aromatic rings. The van der Waals surface area contributed by atoms with Crippen LogP contribution in [0.2, 0.25) is 5.02 Å². The van der Waals surface area contributed by atoms with E-state index in [2.05, 4.69) is 15.4 Å². The van der Waals surface area contributed by atoms with Crippen LogP contribution in [0.4, 0.5) is 28.9 Å². The van der Waals surface area contributed by atoms with Crippen molar-refractivity contribution in [3.8, 4) is 5.75 Å². The van der Waals surface area contributed by atoms with Gasteiger partial charge in [0.25, 0.3) is 5.76 Å². The minimum absolute atomic E-state index is 0.00137. The first-order chi connectivity index (χ1) is 11.8. The van der Waals surface area contributed by atoms with E-state index in [4.69, 9.17) is 23.8 Å². The van der Waals surface area contributed by atoms with E-state index in [0.717, 1.165) is 0 Å². The fourth-order valence-corrected chi connectivity index (χ4v) is 2.74. The fraction of sp³-hybridized carbons (Fsp3) is 0.133. The van der Waals surface area contributed by atoms with E-state index >= 15 is 0 Å². The summed E-state index contributed by atoms with van der Waals surface area (Å²) in [5.74, 6) is -2.63. The summed E-state index contributed by atoms with van der Waals surface area (Å²) < 4.78 is 53.1. The van der Waals surface area contributed by atoms with Crippen molar-refractivity contribution in [1.29, 1.82) is 0 Å². The summed E-state index contributed by atoms with van der Waals surface area (Å²) in [6, 6.07) is 10.4. The van der Waals surface area contributed by atoms with E-state index in [9.17, 15) is 17.6 Å². The molecule has 0 radical (unpaired) electrons. The van der Waals surface area contributed by atoms with Gasteiger partial charge in [-0.25, -0.2) is 0 Å². The molecule has 0 unspecified atom stereocenters. The zero-order valence-electron chi connectivity index (χ0n) is 12.3. The lowest BCUT2D eigenvalue weighted by Crippen LogP contribution is -2.19. The maximum atomic E-state index is 12.3. The molecule has 3 nitrogen and oxygen atoms in total. The monoisotopic (exact) mass is 410 g/mol. The molecule has 0 saturated heterocycles. The van der Waals surface area contributed by atoms with Crippen molar-refractivity contribution in [2.45, 2.75) is 17.3 Å². The molecule has 0 spiro atoms. The smallest absolute Gasteiger partial charge is 0.387 e. The van der Waals surface area contributed by atoms with E-state index in [0.29, 0.717) is 28.0 Å². The summed E-state index contributed by atoms with van der Waals surface area (Å²) in [7, 11) is 0. The van der Waals surface area contributed by atoms with Gasteiger partial charge in [-0.2, -0.15) is 17.6 Å². The molecule has 0 aliphatic carbocycles. The molecular weight excluding hydrogens is 400 g/mol. The Balaban J connectivity index is 1.94. The summed E-state index contributed by atoms with van der Waals surface area (Å²) in [6.45, 7) is -2.97. The van der Waals surface area contributed by atoms with E-state index in [1.807, 2.05) is 0 Å². The van der Waals surface area contributed by atoms with Gasteiger partial charge in [-0.05, 0) is 54.7 Å². The Hall–Kier alpha value is -1.71. The van der Waals surface area contributed by atoms with Crippen LogP contribution in [0.3, 0.4) is 0 Å². The second-order valence-electron chi connectivity index (χ2n) is 4.51. The van der Waals surface area contributed by atoms with Crippen LogP contribution >= 0.6 is 35.6 Å². The number of halogens is 5. The molecule has 0 heterocycles. The predicted molar refractivity (Wildman–Crippen MR) is 96.2 cm³/mol. The quantitative estimate of drug-likeness (QED) is 0.343. The van der Waals surface area contributed by atoms with Crippen molar-refractivity contribution in [3.63, 3.8) is 0 Å². The summed E-state index contributed by atoms with van der Waals surface area (Å²) in [6.07, 6.45) is 0. The molecule has 0 bridgehead atoms. The third kappa shape index (κ3) is 6.60. The van der Waals surface area contributed by atoms with Crippen molar-refractivity contribution in [2.75, 3.05) is 10.6 Å². The molecule has 0 fully saturated rings. The maximum Gasteiger partial charge on any atom is 0.387 e. The van der Waals surface area contributed by atoms with Crippen LogP contribution in [0.5, 0.6) is 5.75 Å². The molecular formula is C15H11ClF4N2OS2. The highest BCUT2D eigenvalue weighted by Crippen LogP contribution is 2.29. The number of nitrogens with one attached hydrogen (secondary N) is 2. The van der Waals surface area contributed by atoms with Gasteiger partial charge in [0.2, 0.25) is 0 Å². The number of anilines is 2. The van der Waals surface area contributed by atoms with Gasteiger partial charge in [-0.3, -0.25) is 0 Å². The van der Waals surface area contributed by atoms with Crippen LogP contribution in [-0.4, -0.2) is 17.5 Å². The Morgan fingerprint density at radius 2 is 1.60 bits per heavy atom. The van der Waals surface area contributed by atoms with Gasteiger partial charge in [-0.1, -0.05) is 23.4 Å². The number of thiocarbonyl (C=S) groups is 1. The zero-order chi connectivity index (χ0) is 18.4. The number of hydrogen-bond donors (Lipinski definition) is 2. The van der Waals surface area contributed by atoms with Crippen molar-refractivity contribution in [3.05, 3.63) is 47.5 Å². The van der Waals surface area contributed by atoms with Crippen LogP contribution in [0.15, 0.2) is 47.4 Å². The Labute approximate surface area is 155 Å². The molecule has 0 atom stereocenters. The molecule has 0 aromatic heterocycles. The molecule has 134 valence electrons. The average Bonchev–Trinajstić information content (AvgIpc) is 2.51. The molecule has 0 amide bonds. The number of alkyl halides is 4. The number of benzene rings is 2. The first-order valence-corrected chi connectivity index (χ1v) is 8.37. The Kier molecular flexibility index (Phi) is 7.15. The van der Waals surface area contributed by atoms with Gasteiger partial charge in [-0.15, -0.1) is 0 Å². The molecule has 25 heavy (non-hydrogen) atoms. The number of rotatable bonds is 6. The molecule has 0 saturated carbocycles. The number of thioether (sulfide) groups is 1.